The molecule has 1 aliphatic rings. The highest BCUT2D eigenvalue weighted by Gasteiger charge is 2.42. The first kappa shape index (κ1) is 26.0. The number of esters is 1. The van der Waals surface area contributed by atoms with Gasteiger partial charge in [-0.3, -0.25) is 19.3 Å². The van der Waals surface area contributed by atoms with E-state index in [0.717, 1.165) is 5.56 Å². The Morgan fingerprint density at radius 2 is 1.81 bits per heavy atom. The zero-order valence-corrected chi connectivity index (χ0v) is 20.9. The van der Waals surface area contributed by atoms with E-state index in [4.69, 9.17) is 4.74 Å². The van der Waals surface area contributed by atoms with Crippen LogP contribution in [0.4, 0.5) is 0 Å². The van der Waals surface area contributed by atoms with Gasteiger partial charge in [-0.15, -0.1) is 0 Å². The monoisotopic (exact) mass is 504 g/mol. The SMILES string of the molecule is CCOC(=O)C(Cc1ccccc1)NC(=O)C1(NC(=O)Cn2ccc(-c3ccccn3)n2)CCNCC1. The summed E-state index contributed by atoms with van der Waals surface area (Å²) in [5, 5.41) is 13.5. The van der Waals surface area contributed by atoms with Gasteiger partial charge in [0.15, 0.2) is 0 Å². The number of aromatic nitrogens is 3. The summed E-state index contributed by atoms with van der Waals surface area (Å²) in [6, 6.07) is 15.9. The third-order valence-electron chi connectivity index (χ3n) is 6.30. The Morgan fingerprint density at radius 3 is 2.51 bits per heavy atom. The molecule has 0 radical (unpaired) electrons. The Bertz CT molecular complexity index is 1190. The van der Waals surface area contributed by atoms with Crippen molar-refractivity contribution in [3.05, 3.63) is 72.6 Å². The standard InChI is InChI=1S/C27H32N6O4/c1-2-37-25(35)23(18-20-8-4-3-5-9-20)30-26(36)27(12-15-28-16-13-27)31-24(34)19-33-17-11-22(32-33)21-10-6-7-14-29-21/h3-11,14,17,23,28H,2,12-13,15-16,18-19H2,1H3,(H,30,36)(H,31,34). The second-order valence-electron chi connectivity index (χ2n) is 8.96. The minimum Gasteiger partial charge on any atom is -0.464 e. The summed E-state index contributed by atoms with van der Waals surface area (Å²) in [6.45, 7) is 2.99. The van der Waals surface area contributed by atoms with Gasteiger partial charge in [-0.05, 0) is 56.6 Å². The maximum absolute atomic E-state index is 13.6. The van der Waals surface area contributed by atoms with Crippen LogP contribution in [-0.2, 0) is 32.1 Å². The number of pyridine rings is 1. The van der Waals surface area contributed by atoms with E-state index < -0.39 is 23.5 Å². The zero-order valence-electron chi connectivity index (χ0n) is 20.9. The molecule has 3 N–H and O–H groups in total. The van der Waals surface area contributed by atoms with Crippen LogP contribution in [0.3, 0.4) is 0 Å². The van der Waals surface area contributed by atoms with Gasteiger partial charge < -0.3 is 20.7 Å². The van der Waals surface area contributed by atoms with Crippen LogP contribution in [0.5, 0.6) is 0 Å². The molecule has 1 saturated heterocycles. The quantitative estimate of drug-likeness (QED) is 0.357. The molecular weight excluding hydrogens is 472 g/mol. The van der Waals surface area contributed by atoms with E-state index in [1.54, 1.807) is 25.4 Å². The Kier molecular flexibility index (Phi) is 8.63. The van der Waals surface area contributed by atoms with Crippen molar-refractivity contribution in [1.82, 2.24) is 30.7 Å². The number of piperidine rings is 1. The highest BCUT2D eigenvalue weighted by atomic mass is 16.5. The average Bonchev–Trinajstić information content (AvgIpc) is 3.38. The third-order valence-corrected chi connectivity index (χ3v) is 6.30. The lowest BCUT2D eigenvalue weighted by Gasteiger charge is -2.37. The molecule has 2 aromatic heterocycles. The van der Waals surface area contributed by atoms with Gasteiger partial charge in [-0.2, -0.15) is 5.10 Å². The van der Waals surface area contributed by atoms with Crippen LogP contribution in [0.25, 0.3) is 11.4 Å². The molecule has 1 unspecified atom stereocenters. The number of amides is 2. The van der Waals surface area contributed by atoms with Crippen LogP contribution in [0.2, 0.25) is 0 Å². The fraction of sp³-hybridized carbons (Fsp3) is 0.370. The van der Waals surface area contributed by atoms with Crippen molar-refractivity contribution in [2.45, 2.75) is 44.3 Å². The second-order valence-corrected chi connectivity index (χ2v) is 8.96. The molecule has 0 spiro atoms. The van der Waals surface area contributed by atoms with E-state index in [1.165, 1.54) is 4.68 Å². The van der Waals surface area contributed by atoms with Crippen molar-refractivity contribution in [2.24, 2.45) is 0 Å². The van der Waals surface area contributed by atoms with Gasteiger partial charge in [0.1, 0.15) is 23.8 Å². The van der Waals surface area contributed by atoms with Gasteiger partial charge in [0.05, 0.1) is 12.3 Å². The molecule has 0 bridgehead atoms. The summed E-state index contributed by atoms with van der Waals surface area (Å²) in [5.41, 5.74) is 1.10. The van der Waals surface area contributed by atoms with Gasteiger partial charge in [0.25, 0.3) is 0 Å². The van der Waals surface area contributed by atoms with Crippen LogP contribution in [0.15, 0.2) is 67.0 Å². The summed E-state index contributed by atoms with van der Waals surface area (Å²) in [7, 11) is 0. The van der Waals surface area contributed by atoms with Crippen LogP contribution < -0.4 is 16.0 Å². The molecule has 0 saturated carbocycles. The largest absolute Gasteiger partial charge is 0.464 e. The smallest absolute Gasteiger partial charge is 0.328 e. The van der Waals surface area contributed by atoms with Crippen LogP contribution in [-0.4, -0.2) is 63.8 Å². The number of hydrogen-bond donors (Lipinski definition) is 3. The second kappa shape index (κ2) is 12.3. The molecule has 1 atom stereocenters. The predicted molar refractivity (Wildman–Crippen MR) is 137 cm³/mol. The summed E-state index contributed by atoms with van der Waals surface area (Å²) in [5.74, 6) is -1.25. The number of benzene rings is 1. The molecule has 1 aromatic carbocycles. The molecule has 3 aromatic rings. The number of carbonyl (C=O) groups is 3. The third kappa shape index (κ3) is 6.79. The number of nitrogens with zero attached hydrogens (tertiary/aromatic N) is 3. The Morgan fingerprint density at radius 1 is 1.05 bits per heavy atom. The van der Waals surface area contributed by atoms with E-state index in [1.807, 2.05) is 48.5 Å². The van der Waals surface area contributed by atoms with Gasteiger partial charge in [0, 0.05) is 18.8 Å². The first-order valence-corrected chi connectivity index (χ1v) is 12.5. The summed E-state index contributed by atoms with van der Waals surface area (Å²) < 4.78 is 6.74. The number of nitrogens with one attached hydrogen (secondary N) is 3. The minimum absolute atomic E-state index is 0.0549. The Balaban J connectivity index is 1.46. The van der Waals surface area contributed by atoms with E-state index in [2.05, 4.69) is 26.0 Å². The van der Waals surface area contributed by atoms with Crippen LogP contribution in [0.1, 0.15) is 25.3 Å². The Hall–Kier alpha value is -4.05. The predicted octanol–water partition coefficient (Wildman–Crippen LogP) is 1.47. The van der Waals surface area contributed by atoms with Crippen molar-refractivity contribution in [3.63, 3.8) is 0 Å². The first-order valence-electron chi connectivity index (χ1n) is 12.5. The lowest BCUT2D eigenvalue weighted by molar-refractivity contribution is -0.148. The van der Waals surface area contributed by atoms with Crippen molar-refractivity contribution in [2.75, 3.05) is 19.7 Å². The highest BCUT2D eigenvalue weighted by Crippen LogP contribution is 2.20. The van der Waals surface area contributed by atoms with Crippen molar-refractivity contribution in [1.29, 1.82) is 0 Å². The maximum atomic E-state index is 13.6. The first-order chi connectivity index (χ1) is 18.0. The molecular formula is C27H32N6O4. The molecule has 10 heteroatoms. The highest BCUT2D eigenvalue weighted by molar-refractivity contribution is 5.94. The normalized spacial score (nSPS) is 15.4. The van der Waals surface area contributed by atoms with Gasteiger partial charge in [-0.25, -0.2) is 4.79 Å². The van der Waals surface area contributed by atoms with Crippen molar-refractivity contribution in [3.8, 4) is 11.4 Å². The van der Waals surface area contributed by atoms with E-state index in [0.29, 0.717) is 37.3 Å². The number of carbonyl (C=O) groups excluding carboxylic acids is 3. The van der Waals surface area contributed by atoms with Crippen LogP contribution in [0, 0.1) is 0 Å². The lowest BCUT2D eigenvalue weighted by atomic mass is 9.86. The zero-order chi connectivity index (χ0) is 26.1. The van der Waals surface area contributed by atoms with Crippen molar-refractivity contribution < 1.29 is 19.1 Å². The van der Waals surface area contributed by atoms with Crippen LogP contribution >= 0.6 is 0 Å². The molecule has 194 valence electrons. The fourth-order valence-electron chi connectivity index (χ4n) is 4.40. The number of hydrogen-bond acceptors (Lipinski definition) is 7. The molecule has 1 fully saturated rings. The summed E-state index contributed by atoms with van der Waals surface area (Å²) in [6.07, 6.45) is 4.46. The topological polar surface area (TPSA) is 127 Å². The molecule has 37 heavy (non-hydrogen) atoms. The molecule has 1 aliphatic heterocycles. The summed E-state index contributed by atoms with van der Waals surface area (Å²) in [4.78, 5) is 43.7. The van der Waals surface area contributed by atoms with Crippen molar-refractivity contribution >= 4 is 17.8 Å². The Labute approximate surface area is 215 Å². The molecule has 2 amide bonds. The average molecular weight is 505 g/mol. The number of ether oxygens (including phenoxy) is 1. The van der Waals surface area contributed by atoms with E-state index >= 15 is 0 Å². The van der Waals surface area contributed by atoms with Gasteiger partial charge in [-0.1, -0.05) is 36.4 Å². The minimum atomic E-state index is -1.15. The van der Waals surface area contributed by atoms with Gasteiger partial charge in [0.2, 0.25) is 11.8 Å². The fourth-order valence-corrected chi connectivity index (χ4v) is 4.40. The molecule has 3 heterocycles. The summed E-state index contributed by atoms with van der Waals surface area (Å²) >= 11 is 0. The number of rotatable bonds is 10. The van der Waals surface area contributed by atoms with E-state index in [9.17, 15) is 14.4 Å². The van der Waals surface area contributed by atoms with E-state index in [-0.39, 0.29) is 25.5 Å². The maximum Gasteiger partial charge on any atom is 0.328 e. The molecule has 4 rings (SSSR count). The van der Waals surface area contributed by atoms with Gasteiger partial charge >= 0.3 is 5.97 Å². The molecule has 10 nitrogen and oxygen atoms in total. The lowest BCUT2D eigenvalue weighted by Crippen LogP contribution is -2.65. The molecule has 0 aliphatic carbocycles.